The lowest BCUT2D eigenvalue weighted by Gasteiger charge is -1.97. The quantitative estimate of drug-likeness (QED) is 0.498. The number of aromatic nitrogens is 6. The Morgan fingerprint density at radius 2 is 2.00 bits per heavy atom. The molecule has 0 N–H and O–H groups in total. The van der Waals surface area contributed by atoms with Crippen molar-refractivity contribution in [1.82, 2.24) is 30.3 Å². The van der Waals surface area contributed by atoms with E-state index in [2.05, 4.69) is 41.5 Å². The zero-order chi connectivity index (χ0) is 17.9. The molecule has 0 unspecified atom stereocenters. The Balaban J connectivity index is 1.47. The van der Waals surface area contributed by atoms with Gasteiger partial charge in [-0.15, -0.1) is 10.2 Å². The molecule has 26 heavy (non-hydrogen) atoms. The van der Waals surface area contributed by atoms with E-state index in [0.29, 0.717) is 12.2 Å². The van der Waals surface area contributed by atoms with Crippen LogP contribution < -0.4 is 0 Å². The third-order valence-corrected chi connectivity index (χ3v) is 4.10. The third kappa shape index (κ3) is 3.67. The van der Waals surface area contributed by atoms with E-state index in [-0.39, 0.29) is 23.8 Å². The van der Waals surface area contributed by atoms with Crippen LogP contribution in [0.1, 0.15) is 17.3 Å². The van der Waals surface area contributed by atoms with E-state index in [9.17, 15) is 4.39 Å². The SMILES string of the molecule is Fc1ccccc1-c1noc(Cn2nnc(Cc3cccc(Br)c3)n2)n1. The van der Waals surface area contributed by atoms with Crippen molar-refractivity contribution in [3.63, 3.8) is 0 Å². The number of rotatable bonds is 5. The van der Waals surface area contributed by atoms with E-state index in [4.69, 9.17) is 4.52 Å². The fraction of sp³-hybridized carbons (Fsp3) is 0.118. The Labute approximate surface area is 156 Å². The molecule has 130 valence electrons. The van der Waals surface area contributed by atoms with Crippen molar-refractivity contribution in [3.8, 4) is 11.4 Å². The lowest BCUT2D eigenvalue weighted by atomic mass is 10.1. The predicted molar refractivity (Wildman–Crippen MR) is 93.6 cm³/mol. The van der Waals surface area contributed by atoms with Gasteiger partial charge in [-0.3, -0.25) is 0 Å². The number of nitrogens with zero attached hydrogens (tertiary/aromatic N) is 6. The number of hydrogen-bond donors (Lipinski definition) is 0. The first-order valence-electron chi connectivity index (χ1n) is 7.76. The summed E-state index contributed by atoms with van der Waals surface area (Å²) in [5.74, 6) is 0.634. The highest BCUT2D eigenvalue weighted by Gasteiger charge is 2.14. The zero-order valence-corrected chi connectivity index (χ0v) is 15.0. The van der Waals surface area contributed by atoms with Crippen LogP contribution in [-0.2, 0) is 13.0 Å². The Bertz CT molecular complexity index is 1050. The number of hydrogen-bond acceptors (Lipinski definition) is 6. The van der Waals surface area contributed by atoms with Gasteiger partial charge in [0.2, 0.25) is 5.82 Å². The van der Waals surface area contributed by atoms with Gasteiger partial charge in [-0.25, -0.2) is 4.39 Å². The third-order valence-electron chi connectivity index (χ3n) is 3.61. The lowest BCUT2D eigenvalue weighted by molar-refractivity contribution is 0.356. The van der Waals surface area contributed by atoms with Crippen LogP contribution in [0, 0.1) is 5.82 Å². The molecular formula is C17H12BrFN6O. The molecule has 4 aromatic rings. The molecule has 0 spiro atoms. The van der Waals surface area contributed by atoms with Crippen molar-refractivity contribution in [3.05, 3.63) is 76.1 Å². The molecule has 7 nitrogen and oxygen atoms in total. The topological polar surface area (TPSA) is 82.5 Å². The largest absolute Gasteiger partial charge is 0.337 e. The van der Waals surface area contributed by atoms with Crippen molar-refractivity contribution in [2.24, 2.45) is 0 Å². The molecule has 4 rings (SSSR count). The maximum Gasteiger partial charge on any atom is 0.250 e. The number of halogens is 2. The second-order valence-corrected chi connectivity index (χ2v) is 6.45. The van der Waals surface area contributed by atoms with Gasteiger partial charge in [0, 0.05) is 10.9 Å². The second-order valence-electron chi connectivity index (χ2n) is 5.53. The fourth-order valence-corrected chi connectivity index (χ4v) is 2.88. The lowest BCUT2D eigenvalue weighted by Crippen LogP contribution is -2.04. The summed E-state index contributed by atoms with van der Waals surface area (Å²) in [6.45, 7) is 0.160. The summed E-state index contributed by atoms with van der Waals surface area (Å²) in [6, 6.07) is 14.1. The monoisotopic (exact) mass is 414 g/mol. The van der Waals surface area contributed by atoms with Crippen LogP contribution in [-0.4, -0.2) is 30.3 Å². The predicted octanol–water partition coefficient (Wildman–Crippen LogP) is 3.26. The van der Waals surface area contributed by atoms with Crippen molar-refractivity contribution in [1.29, 1.82) is 0 Å². The Hall–Kier alpha value is -2.94. The van der Waals surface area contributed by atoms with Crippen LogP contribution in [0.25, 0.3) is 11.4 Å². The van der Waals surface area contributed by atoms with Gasteiger partial charge in [0.25, 0.3) is 5.89 Å². The molecule has 0 radical (unpaired) electrons. The van der Waals surface area contributed by atoms with Gasteiger partial charge in [0.05, 0.1) is 5.56 Å². The summed E-state index contributed by atoms with van der Waals surface area (Å²) in [7, 11) is 0. The Morgan fingerprint density at radius 1 is 1.12 bits per heavy atom. The van der Waals surface area contributed by atoms with E-state index in [1.807, 2.05) is 24.3 Å². The molecule has 0 aliphatic rings. The summed E-state index contributed by atoms with van der Waals surface area (Å²) in [4.78, 5) is 5.56. The summed E-state index contributed by atoms with van der Waals surface area (Å²) >= 11 is 3.44. The second kappa shape index (κ2) is 7.12. The molecule has 0 fully saturated rings. The van der Waals surface area contributed by atoms with Crippen molar-refractivity contribution in [2.75, 3.05) is 0 Å². The summed E-state index contributed by atoms with van der Waals surface area (Å²) in [6.07, 6.45) is 0.559. The molecule has 0 amide bonds. The molecule has 2 aromatic carbocycles. The van der Waals surface area contributed by atoms with Crippen molar-refractivity contribution >= 4 is 15.9 Å². The standard InChI is InChI=1S/C17H12BrFN6O/c18-12-5-3-4-11(8-12)9-15-21-24-25(22-15)10-16-20-17(23-26-16)13-6-1-2-7-14(13)19/h1-8H,9-10H2. The smallest absolute Gasteiger partial charge is 0.250 e. The van der Waals surface area contributed by atoms with E-state index < -0.39 is 5.82 Å². The van der Waals surface area contributed by atoms with Crippen molar-refractivity contribution in [2.45, 2.75) is 13.0 Å². The average molecular weight is 415 g/mol. The van der Waals surface area contributed by atoms with Crippen LogP contribution in [0.5, 0.6) is 0 Å². The van der Waals surface area contributed by atoms with Gasteiger partial charge in [0.1, 0.15) is 12.4 Å². The van der Waals surface area contributed by atoms with Crippen LogP contribution in [0.4, 0.5) is 4.39 Å². The first-order valence-corrected chi connectivity index (χ1v) is 8.55. The minimum absolute atomic E-state index is 0.160. The first-order chi connectivity index (χ1) is 12.7. The van der Waals surface area contributed by atoms with E-state index >= 15 is 0 Å². The molecule has 0 bridgehead atoms. The van der Waals surface area contributed by atoms with Crippen LogP contribution in [0.3, 0.4) is 0 Å². The summed E-state index contributed by atoms with van der Waals surface area (Å²) in [5, 5.41) is 16.1. The normalized spacial score (nSPS) is 11.0. The molecule has 2 heterocycles. The highest BCUT2D eigenvalue weighted by Crippen LogP contribution is 2.19. The zero-order valence-electron chi connectivity index (χ0n) is 13.4. The van der Waals surface area contributed by atoms with Gasteiger partial charge < -0.3 is 4.52 Å². The van der Waals surface area contributed by atoms with E-state index in [1.165, 1.54) is 10.9 Å². The maximum atomic E-state index is 13.8. The molecule has 0 saturated heterocycles. The minimum atomic E-state index is -0.407. The van der Waals surface area contributed by atoms with Crippen LogP contribution in [0.2, 0.25) is 0 Å². The maximum absolute atomic E-state index is 13.8. The molecule has 2 aromatic heterocycles. The van der Waals surface area contributed by atoms with Gasteiger partial charge >= 0.3 is 0 Å². The van der Waals surface area contributed by atoms with Crippen LogP contribution in [0.15, 0.2) is 57.5 Å². The molecule has 9 heteroatoms. The summed E-state index contributed by atoms with van der Waals surface area (Å²) < 4.78 is 19.9. The van der Waals surface area contributed by atoms with Crippen LogP contribution >= 0.6 is 15.9 Å². The first kappa shape index (κ1) is 16.5. The highest BCUT2D eigenvalue weighted by molar-refractivity contribution is 9.10. The molecule has 0 saturated carbocycles. The van der Waals surface area contributed by atoms with E-state index in [0.717, 1.165) is 10.0 Å². The van der Waals surface area contributed by atoms with Gasteiger partial charge in [-0.1, -0.05) is 45.4 Å². The van der Waals surface area contributed by atoms with Gasteiger partial charge in [0.15, 0.2) is 5.82 Å². The fourth-order valence-electron chi connectivity index (χ4n) is 2.44. The highest BCUT2D eigenvalue weighted by atomic mass is 79.9. The van der Waals surface area contributed by atoms with Gasteiger partial charge in [-0.2, -0.15) is 9.78 Å². The number of tetrazole rings is 1. The minimum Gasteiger partial charge on any atom is -0.337 e. The molecular weight excluding hydrogens is 403 g/mol. The Morgan fingerprint density at radius 3 is 2.85 bits per heavy atom. The summed E-state index contributed by atoms with van der Waals surface area (Å²) in [5.41, 5.74) is 1.35. The number of benzene rings is 2. The Kier molecular flexibility index (Phi) is 4.53. The molecule has 0 aliphatic heterocycles. The average Bonchev–Trinajstić information content (AvgIpc) is 3.25. The van der Waals surface area contributed by atoms with Gasteiger partial charge in [-0.05, 0) is 35.0 Å². The van der Waals surface area contributed by atoms with E-state index in [1.54, 1.807) is 18.2 Å². The molecule has 0 atom stereocenters. The molecule has 0 aliphatic carbocycles. The van der Waals surface area contributed by atoms with Crippen molar-refractivity contribution < 1.29 is 8.91 Å².